The number of hydrogen-bond acceptors (Lipinski definition) is 1. The second-order valence-electron chi connectivity index (χ2n) is 2.62. The summed E-state index contributed by atoms with van der Waals surface area (Å²) in [7, 11) is 0. The molecule has 1 nitrogen and oxygen atoms in total. The lowest BCUT2D eigenvalue weighted by molar-refractivity contribution is 0.0646. The van der Waals surface area contributed by atoms with Crippen molar-refractivity contribution in [3.63, 3.8) is 0 Å². The summed E-state index contributed by atoms with van der Waals surface area (Å²) in [6.07, 6.45) is -0.569. The average Bonchev–Trinajstić information content (AvgIpc) is 2.09. The van der Waals surface area contributed by atoms with E-state index in [9.17, 15) is 8.78 Å². The van der Waals surface area contributed by atoms with Crippen molar-refractivity contribution < 1.29 is 8.78 Å². The van der Waals surface area contributed by atoms with E-state index in [2.05, 4.69) is 0 Å². The molecule has 4 heteroatoms. The van der Waals surface area contributed by atoms with E-state index in [4.69, 9.17) is 16.9 Å². The molecule has 0 spiro atoms. The van der Waals surface area contributed by atoms with Crippen LogP contribution < -0.4 is 0 Å². The molecule has 1 rings (SSSR count). The van der Waals surface area contributed by atoms with E-state index < -0.39 is 12.3 Å². The van der Waals surface area contributed by atoms with Crippen LogP contribution in [-0.2, 0) is 6.42 Å². The highest BCUT2D eigenvalue weighted by molar-refractivity contribution is 6.30. The number of halogens is 3. The third-order valence-corrected chi connectivity index (χ3v) is 1.75. The van der Waals surface area contributed by atoms with Crippen LogP contribution in [0.2, 0.25) is 5.02 Å². The van der Waals surface area contributed by atoms with Crippen molar-refractivity contribution in [1.82, 2.24) is 0 Å². The summed E-state index contributed by atoms with van der Waals surface area (Å²) in [5, 5.41) is 8.57. The van der Waals surface area contributed by atoms with Gasteiger partial charge >= 0.3 is 5.92 Å². The molecule has 0 fully saturated rings. The zero-order valence-corrected chi connectivity index (χ0v) is 7.35. The van der Waals surface area contributed by atoms with E-state index in [-0.39, 0.29) is 0 Å². The molecule has 0 saturated carbocycles. The van der Waals surface area contributed by atoms with Gasteiger partial charge in [-0.15, -0.1) is 0 Å². The van der Waals surface area contributed by atoms with Crippen molar-refractivity contribution >= 4 is 11.6 Å². The first-order valence-corrected chi connectivity index (χ1v) is 3.95. The minimum absolute atomic E-state index is 0.399. The summed E-state index contributed by atoms with van der Waals surface area (Å²) >= 11 is 5.56. The molecule has 0 aliphatic heterocycles. The van der Waals surface area contributed by atoms with Crippen LogP contribution in [0, 0.1) is 11.3 Å². The van der Waals surface area contributed by atoms with Gasteiger partial charge in [-0.3, -0.25) is 0 Å². The molecule has 0 unspecified atom stereocenters. The van der Waals surface area contributed by atoms with E-state index in [1.807, 2.05) is 0 Å². The quantitative estimate of drug-likeness (QED) is 0.722. The van der Waals surface area contributed by atoms with E-state index in [0.717, 1.165) is 6.07 Å². The van der Waals surface area contributed by atoms with Crippen molar-refractivity contribution in [1.29, 1.82) is 5.26 Å². The summed E-state index contributed by atoms with van der Waals surface area (Å²) in [5.74, 6) is -3.30. The molecule has 0 N–H and O–H groups in total. The number of hydrogen-bond donors (Lipinski definition) is 0. The van der Waals surface area contributed by atoms with Gasteiger partial charge in [0.15, 0.2) is 0 Å². The highest BCUT2D eigenvalue weighted by Gasteiger charge is 2.28. The van der Waals surface area contributed by atoms with E-state index in [0.29, 0.717) is 10.6 Å². The maximum atomic E-state index is 12.5. The van der Waals surface area contributed by atoms with Gasteiger partial charge in [0.25, 0.3) is 0 Å². The Balaban J connectivity index is 2.77. The average molecular weight is 202 g/mol. The highest BCUT2D eigenvalue weighted by Crippen LogP contribution is 2.20. The van der Waals surface area contributed by atoms with Gasteiger partial charge in [-0.25, -0.2) is 0 Å². The zero-order valence-electron chi connectivity index (χ0n) is 6.60. The lowest BCUT2D eigenvalue weighted by atomic mass is 10.1. The lowest BCUT2D eigenvalue weighted by Crippen LogP contribution is -2.16. The Hall–Kier alpha value is -1.14. The molecule has 0 radical (unpaired) electrons. The molecule has 0 aromatic heterocycles. The second kappa shape index (κ2) is 3.71. The van der Waals surface area contributed by atoms with Gasteiger partial charge in [-0.1, -0.05) is 23.7 Å². The van der Waals surface area contributed by atoms with Crippen molar-refractivity contribution in [3.05, 3.63) is 34.9 Å². The monoisotopic (exact) mass is 201 g/mol. The first-order chi connectivity index (χ1) is 6.03. The molecule has 0 bridgehead atoms. The van der Waals surface area contributed by atoms with Gasteiger partial charge in [0, 0.05) is 5.02 Å². The van der Waals surface area contributed by atoms with Crippen LogP contribution >= 0.6 is 11.6 Å². The third kappa shape index (κ3) is 3.00. The number of nitrogens with zero attached hydrogens (tertiary/aromatic N) is 1. The topological polar surface area (TPSA) is 23.8 Å². The smallest absolute Gasteiger partial charge is 0.192 e. The van der Waals surface area contributed by atoms with Gasteiger partial charge in [-0.2, -0.15) is 14.0 Å². The number of benzene rings is 1. The Morgan fingerprint density at radius 1 is 1.31 bits per heavy atom. The zero-order chi connectivity index (χ0) is 9.90. The number of rotatable bonds is 2. The molecule has 1 aromatic carbocycles. The van der Waals surface area contributed by atoms with Crippen molar-refractivity contribution in [3.8, 4) is 6.07 Å². The predicted molar refractivity (Wildman–Crippen MR) is 45.7 cm³/mol. The van der Waals surface area contributed by atoms with Gasteiger partial charge in [0.1, 0.15) is 6.07 Å². The van der Waals surface area contributed by atoms with Crippen LogP contribution in [0.1, 0.15) is 5.56 Å². The first kappa shape index (κ1) is 9.94. The molecule has 13 heavy (non-hydrogen) atoms. The second-order valence-corrected chi connectivity index (χ2v) is 3.06. The van der Waals surface area contributed by atoms with Gasteiger partial charge < -0.3 is 0 Å². The first-order valence-electron chi connectivity index (χ1n) is 3.57. The maximum Gasteiger partial charge on any atom is 0.335 e. The molecule has 0 amide bonds. The Morgan fingerprint density at radius 3 is 2.31 bits per heavy atom. The van der Waals surface area contributed by atoms with E-state index in [1.54, 1.807) is 0 Å². The summed E-state index contributed by atoms with van der Waals surface area (Å²) in [5.41, 5.74) is 0.399. The SMILES string of the molecule is N#CC(F)(F)Cc1ccc(Cl)cc1. The Bertz CT molecular complexity index is 326. The number of alkyl halides is 2. The molecule has 0 aliphatic carbocycles. The molecule has 68 valence electrons. The fraction of sp³-hybridized carbons (Fsp3) is 0.222. The van der Waals surface area contributed by atoms with Crippen LogP contribution in [0.3, 0.4) is 0 Å². The van der Waals surface area contributed by atoms with Crippen molar-refractivity contribution in [2.45, 2.75) is 12.3 Å². The summed E-state index contributed by atoms with van der Waals surface area (Å²) in [6.45, 7) is 0. The van der Waals surface area contributed by atoms with Gasteiger partial charge in [-0.05, 0) is 17.7 Å². The summed E-state index contributed by atoms with van der Waals surface area (Å²) < 4.78 is 25.1. The summed E-state index contributed by atoms with van der Waals surface area (Å²) in [6, 6.07) is 6.93. The predicted octanol–water partition coefficient (Wildman–Crippen LogP) is 3.04. The fourth-order valence-corrected chi connectivity index (χ4v) is 1.02. The Kier molecular flexibility index (Phi) is 2.84. The van der Waals surface area contributed by atoms with Crippen LogP contribution in [-0.4, -0.2) is 5.92 Å². The van der Waals surface area contributed by atoms with E-state index >= 15 is 0 Å². The van der Waals surface area contributed by atoms with Gasteiger partial charge in [0.2, 0.25) is 0 Å². The van der Waals surface area contributed by atoms with E-state index in [1.165, 1.54) is 24.3 Å². The van der Waals surface area contributed by atoms with Crippen LogP contribution in [0.25, 0.3) is 0 Å². The van der Waals surface area contributed by atoms with Crippen LogP contribution in [0.5, 0.6) is 0 Å². The molecular formula is C9H6ClF2N. The third-order valence-electron chi connectivity index (χ3n) is 1.50. The van der Waals surface area contributed by atoms with Crippen LogP contribution in [0.4, 0.5) is 8.78 Å². The Morgan fingerprint density at radius 2 is 1.85 bits per heavy atom. The minimum Gasteiger partial charge on any atom is -0.192 e. The van der Waals surface area contributed by atoms with Gasteiger partial charge in [0.05, 0.1) is 6.42 Å². The number of nitriles is 1. The Labute approximate surface area is 79.6 Å². The molecule has 0 heterocycles. The minimum atomic E-state index is -3.30. The molecule has 0 saturated heterocycles. The van der Waals surface area contributed by atoms with Crippen molar-refractivity contribution in [2.24, 2.45) is 0 Å². The lowest BCUT2D eigenvalue weighted by Gasteiger charge is -2.06. The normalized spacial score (nSPS) is 10.9. The molecule has 0 atom stereocenters. The fourth-order valence-electron chi connectivity index (χ4n) is 0.898. The largest absolute Gasteiger partial charge is 0.335 e. The summed E-state index contributed by atoms with van der Waals surface area (Å²) in [4.78, 5) is 0. The van der Waals surface area contributed by atoms with Crippen molar-refractivity contribution in [2.75, 3.05) is 0 Å². The standard InChI is InChI=1S/C9H6ClF2N/c10-8-3-1-7(2-4-8)5-9(11,12)6-13/h1-4H,5H2. The highest BCUT2D eigenvalue weighted by atomic mass is 35.5. The van der Waals surface area contributed by atoms with Crippen LogP contribution in [0.15, 0.2) is 24.3 Å². The molecule has 1 aromatic rings. The molecular weight excluding hydrogens is 196 g/mol. The maximum absolute atomic E-state index is 12.5. The molecule has 0 aliphatic rings.